The van der Waals surface area contributed by atoms with Crippen LogP contribution >= 0.6 is 0 Å². The Labute approximate surface area is 248 Å². The monoisotopic (exact) mass is 590 g/mol. The summed E-state index contributed by atoms with van der Waals surface area (Å²) in [7, 11) is 0. The van der Waals surface area contributed by atoms with Crippen LogP contribution in [0.4, 0.5) is 10.5 Å². The molecule has 12 heteroatoms. The Bertz CT molecular complexity index is 1410. The van der Waals surface area contributed by atoms with Gasteiger partial charge in [-0.15, -0.1) is 0 Å². The molecule has 0 saturated heterocycles. The first kappa shape index (κ1) is 32.3. The third kappa shape index (κ3) is 10.9. The Hall–Kier alpha value is -5.26. The van der Waals surface area contributed by atoms with E-state index in [0.29, 0.717) is 11.1 Å². The summed E-state index contributed by atoms with van der Waals surface area (Å²) in [5, 5.41) is 18.6. The fourth-order valence-electron chi connectivity index (χ4n) is 3.90. The molecule has 0 fully saturated rings. The number of rotatable bonds is 12. The first-order valence-corrected chi connectivity index (χ1v) is 13.5. The van der Waals surface area contributed by atoms with Crippen LogP contribution in [0.15, 0.2) is 84.9 Å². The third-order valence-electron chi connectivity index (χ3n) is 5.93. The molecule has 12 nitrogen and oxygen atoms in total. The molecule has 3 rings (SSSR count). The number of hydrogen-bond donors (Lipinski definition) is 3. The van der Waals surface area contributed by atoms with Crippen molar-refractivity contribution in [3.63, 3.8) is 0 Å². The van der Waals surface area contributed by atoms with Crippen molar-refractivity contribution in [1.82, 2.24) is 16.0 Å². The number of carbonyl (C=O) groups is 4. The highest BCUT2D eigenvalue weighted by Gasteiger charge is 2.30. The lowest BCUT2D eigenvalue weighted by Crippen LogP contribution is -2.52. The maximum absolute atomic E-state index is 13.5. The van der Waals surface area contributed by atoms with Crippen molar-refractivity contribution in [2.45, 2.75) is 51.5 Å². The minimum absolute atomic E-state index is 0.0929. The molecule has 0 aliphatic rings. The fraction of sp³-hybridized carbons (Fsp3) is 0.290. The van der Waals surface area contributed by atoms with Crippen molar-refractivity contribution >= 4 is 29.6 Å². The third-order valence-corrected chi connectivity index (χ3v) is 5.93. The van der Waals surface area contributed by atoms with E-state index in [9.17, 15) is 29.3 Å². The smallest absolute Gasteiger partial charge is 0.408 e. The van der Waals surface area contributed by atoms with Gasteiger partial charge in [0.25, 0.3) is 5.69 Å². The molecule has 3 aromatic rings. The summed E-state index contributed by atoms with van der Waals surface area (Å²) < 4.78 is 10.5. The minimum atomic E-state index is -1.17. The van der Waals surface area contributed by atoms with E-state index in [1.165, 1.54) is 24.3 Å². The van der Waals surface area contributed by atoms with E-state index in [0.717, 1.165) is 5.56 Å². The zero-order chi connectivity index (χ0) is 31.4. The van der Waals surface area contributed by atoms with Crippen LogP contribution in [0.1, 0.15) is 43.5 Å². The summed E-state index contributed by atoms with van der Waals surface area (Å²) >= 11 is 0. The summed E-state index contributed by atoms with van der Waals surface area (Å²) in [6, 6.07) is 20.7. The number of nitro groups is 1. The molecular formula is C31H34N4O8. The number of nitrogens with zero attached hydrogens (tertiary/aromatic N) is 1. The first-order chi connectivity index (χ1) is 20.4. The predicted molar refractivity (Wildman–Crippen MR) is 157 cm³/mol. The lowest BCUT2D eigenvalue weighted by molar-refractivity contribution is -0.384. The van der Waals surface area contributed by atoms with Crippen LogP contribution in [-0.2, 0) is 36.9 Å². The largest absolute Gasteiger partial charge is 0.460 e. The van der Waals surface area contributed by atoms with E-state index in [-0.39, 0.29) is 18.7 Å². The standard InChI is InChI=1S/C31H34N4O8/c1-31(2,3)43-30(39)34-27(23-12-8-5-9-13-23)29(38)33-25(18-21-10-6-4-7-11-21)28(37)32-19-26(36)42-20-22-14-16-24(17-15-22)35(40)41/h4-17,25,27H,18-20H2,1-3H3,(H,32,37)(H,33,38)(H,34,39)/t25-,27-/m0/s1. The average molecular weight is 591 g/mol. The van der Waals surface area contributed by atoms with Crippen LogP contribution in [0.25, 0.3) is 0 Å². The van der Waals surface area contributed by atoms with Crippen molar-refractivity contribution in [2.75, 3.05) is 6.54 Å². The molecule has 3 amide bonds. The highest BCUT2D eigenvalue weighted by molar-refractivity contribution is 5.93. The van der Waals surface area contributed by atoms with Crippen LogP contribution < -0.4 is 16.0 Å². The molecule has 0 heterocycles. The second-order valence-electron chi connectivity index (χ2n) is 10.5. The molecule has 0 aliphatic carbocycles. The van der Waals surface area contributed by atoms with E-state index in [1.54, 1.807) is 75.4 Å². The van der Waals surface area contributed by atoms with Gasteiger partial charge in [0.15, 0.2) is 0 Å². The number of esters is 1. The molecule has 2 atom stereocenters. The average Bonchev–Trinajstić information content (AvgIpc) is 2.97. The molecule has 0 spiro atoms. The highest BCUT2D eigenvalue weighted by Crippen LogP contribution is 2.16. The number of alkyl carbamates (subject to hydrolysis) is 1. The van der Waals surface area contributed by atoms with Gasteiger partial charge in [-0.2, -0.15) is 0 Å². The second-order valence-corrected chi connectivity index (χ2v) is 10.5. The molecule has 43 heavy (non-hydrogen) atoms. The van der Waals surface area contributed by atoms with Gasteiger partial charge in [0.1, 0.15) is 30.8 Å². The number of nitro benzene ring substituents is 1. The molecule has 0 aromatic heterocycles. The van der Waals surface area contributed by atoms with Crippen molar-refractivity contribution in [3.8, 4) is 0 Å². The van der Waals surface area contributed by atoms with Gasteiger partial charge in [0.05, 0.1) is 4.92 Å². The number of nitrogens with one attached hydrogen (secondary N) is 3. The van der Waals surface area contributed by atoms with Gasteiger partial charge in [-0.1, -0.05) is 60.7 Å². The van der Waals surface area contributed by atoms with Crippen LogP contribution in [-0.4, -0.2) is 47.0 Å². The Kier molecular flexibility index (Phi) is 11.3. The Morgan fingerprint density at radius 1 is 0.814 bits per heavy atom. The SMILES string of the molecule is CC(C)(C)OC(=O)N[C@H](C(=O)N[C@@H](Cc1ccccc1)C(=O)NCC(=O)OCc1ccc([N+](=O)[O-])cc1)c1ccccc1. The van der Waals surface area contributed by atoms with Crippen LogP contribution in [0.2, 0.25) is 0 Å². The number of amides is 3. The van der Waals surface area contributed by atoms with Gasteiger partial charge in [-0.3, -0.25) is 24.5 Å². The van der Waals surface area contributed by atoms with Gasteiger partial charge < -0.3 is 25.4 Å². The topological polar surface area (TPSA) is 166 Å². The number of non-ortho nitro benzene ring substituents is 1. The second kappa shape index (κ2) is 15.1. The molecule has 3 N–H and O–H groups in total. The predicted octanol–water partition coefficient (Wildman–Crippen LogP) is 3.75. The van der Waals surface area contributed by atoms with Crippen LogP contribution in [0, 0.1) is 10.1 Å². The maximum Gasteiger partial charge on any atom is 0.408 e. The summed E-state index contributed by atoms with van der Waals surface area (Å²) in [4.78, 5) is 61.9. The number of hydrogen-bond acceptors (Lipinski definition) is 8. The first-order valence-electron chi connectivity index (χ1n) is 13.5. The molecule has 0 bridgehead atoms. The molecule has 0 unspecified atom stereocenters. The fourth-order valence-corrected chi connectivity index (χ4v) is 3.90. The van der Waals surface area contributed by atoms with Crippen LogP contribution in [0.5, 0.6) is 0 Å². The molecule has 0 aliphatic heterocycles. The molecule has 0 radical (unpaired) electrons. The Balaban J connectivity index is 1.69. The van der Waals surface area contributed by atoms with E-state index in [1.807, 2.05) is 6.07 Å². The molecule has 0 saturated carbocycles. The van der Waals surface area contributed by atoms with Gasteiger partial charge in [-0.25, -0.2) is 4.79 Å². The van der Waals surface area contributed by atoms with Gasteiger partial charge in [-0.05, 0) is 49.6 Å². The summed E-state index contributed by atoms with van der Waals surface area (Å²) in [5.74, 6) is -2.05. The van der Waals surface area contributed by atoms with E-state index >= 15 is 0 Å². The zero-order valence-electron chi connectivity index (χ0n) is 24.1. The van der Waals surface area contributed by atoms with Crippen molar-refractivity contribution in [2.24, 2.45) is 0 Å². The summed E-state index contributed by atoms with van der Waals surface area (Å²) in [5.41, 5.74) is 0.859. The highest BCUT2D eigenvalue weighted by atomic mass is 16.6. The number of ether oxygens (including phenoxy) is 2. The summed E-state index contributed by atoms with van der Waals surface area (Å²) in [6.45, 7) is 4.46. The zero-order valence-corrected chi connectivity index (χ0v) is 24.1. The lowest BCUT2D eigenvalue weighted by atomic mass is 10.0. The maximum atomic E-state index is 13.5. The molecule has 3 aromatic carbocycles. The molecule has 226 valence electrons. The van der Waals surface area contributed by atoms with Gasteiger partial charge >= 0.3 is 12.1 Å². The van der Waals surface area contributed by atoms with Crippen molar-refractivity contribution in [3.05, 3.63) is 112 Å². The quantitative estimate of drug-likeness (QED) is 0.163. The molecular weight excluding hydrogens is 556 g/mol. The van der Waals surface area contributed by atoms with E-state index in [4.69, 9.17) is 9.47 Å². The van der Waals surface area contributed by atoms with Crippen LogP contribution in [0.3, 0.4) is 0 Å². The number of carbonyl (C=O) groups excluding carboxylic acids is 4. The number of benzene rings is 3. The van der Waals surface area contributed by atoms with Gasteiger partial charge in [0, 0.05) is 18.6 Å². The summed E-state index contributed by atoms with van der Waals surface area (Å²) in [6.07, 6.45) is -0.708. The lowest BCUT2D eigenvalue weighted by Gasteiger charge is -2.25. The van der Waals surface area contributed by atoms with Gasteiger partial charge in [0.2, 0.25) is 11.8 Å². The van der Waals surface area contributed by atoms with Crippen molar-refractivity contribution in [1.29, 1.82) is 0 Å². The normalized spacial score (nSPS) is 12.3. The van der Waals surface area contributed by atoms with E-state index in [2.05, 4.69) is 16.0 Å². The Morgan fingerprint density at radius 3 is 2.00 bits per heavy atom. The van der Waals surface area contributed by atoms with Crippen molar-refractivity contribution < 1.29 is 33.6 Å². The minimum Gasteiger partial charge on any atom is -0.460 e. The Morgan fingerprint density at radius 2 is 1.42 bits per heavy atom. The van der Waals surface area contributed by atoms with E-state index < -0.39 is 53.0 Å².